The van der Waals surface area contributed by atoms with Crippen molar-refractivity contribution in [2.45, 2.75) is 13.8 Å². The molecule has 0 aliphatic heterocycles. The summed E-state index contributed by atoms with van der Waals surface area (Å²) in [6, 6.07) is 6.95. The Morgan fingerprint density at radius 1 is 1.32 bits per heavy atom. The Hall–Kier alpha value is -1.95. The van der Waals surface area contributed by atoms with Gasteiger partial charge in [0, 0.05) is 16.8 Å². The van der Waals surface area contributed by atoms with Crippen molar-refractivity contribution in [3.05, 3.63) is 44.7 Å². The van der Waals surface area contributed by atoms with Crippen LogP contribution >= 0.6 is 15.9 Å². The number of hydrogen-bond donors (Lipinski definition) is 0. The van der Waals surface area contributed by atoms with E-state index >= 15 is 0 Å². The van der Waals surface area contributed by atoms with Crippen LogP contribution in [-0.4, -0.2) is 11.7 Å². The van der Waals surface area contributed by atoms with Crippen molar-refractivity contribution in [2.75, 3.05) is 0 Å². The quantitative estimate of drug-likeness (QED) is 0.369. The van der Waals surface area contributed by atoms with E-state index in [0.717, 1.165) is 9.86 Å². The molecular formula is C13H10BrNO4. The van der Waals surface area contributed by atoms with Crippen molar-refractivity contribution in [3.63, 3.8) is 0 Å². The molecule has 5 nitrogen and oxygen atoms in total. The number of halogens is 1. The van der Waals surface area contributed by atoms with Crippen molar-refractivity contribution >= 4 is 38.6 Å². The van der Waals surface area contributed by atoms with E-state index < -0.39 is 11.6 Å². The molecule has 0 unspecified atom stereocenters. The second kappa shape index (κ2) is 5.36. The largest absolute Gasteiger partial charge is 0.422 e. The van der Waals surface area contributed by atoms with E-state index in [1.807, 2.05) is 6.07 Å². The summed E-state index contributed by atoms with van der Waals surface area (Å²) in [5.41, 5.74) is 0.498. The predicted octanol–water partition coefficient (Wildman–Crippen LogP) is 2.84. The minimum Gasteiger partial charge on any atom is -0.422 e. The van der Waals surface area contributed by atoms with Gasteiger partial charge in [-0.3, -0.25) is 0 Å². The Labute approximate surface area is 117 Å². The molecule has 1 heterocycles. The van der Waals surface area contributed by atoms with Crippen LogP contribution in [0.4, 0.5) is 0 Å². The molecule has 2 rings (SSSR count). The van der Waals surface area contributed by atoms with E-state index in [9.17, 15) is 9.59 Å². The van der Waals surface area contributed by atoms with E-state index in [1.54, 1.807) is 25.1 Å². The Balaban J connectivity index is 2.54. The number of hydrogen-bond acceptors (Lipinski definition) is 5. The lowest BCUT2D eigenvalue weighted by Crippen LogP contribution is -2.12. The molecule has 0 spiro atoms. The van der Waals surface area contributed by atoms with Crippen LogP contribution in [0.2, 0.25) is 0 Å². The minimum atomic E-state index is -0.549. The molecule has 1 aromatic carbocycles. The fourth-order valence-electron chi connectivity index (χ4n) is 1.53. The van der Waals surface area contributed by atoms with E-state index in [-0.39, 0.29) is 11.3 Å². The van der Waals surface area contributed by atoms with Crippen LogP contribution < -0.4 is 5.63 Å². The third-order valence-corrected chi connectivity index (χ3v) is 2.89. The standard InChI is InChI=1S/C13H10BrNO4/c1-7(15-19-8(2)16)11-6-9-5-10(14)3-4-12(9)18-13(11)17/h3-6H,1-2H3/b15-7+. The highest BCUT2D eigenvalue weighted by atomic mass is 79.9. The Morgan fingerprint density at radius 3 is 2.74 bits per heavy atom. The number of benzene rings is 1. The molecule has 0 atom stereocenters. The van der Waals surface area contributed by atoms with Crippen LogP contribution in [0.15, 0.2) is 43.1 Å². The van der Waals surface area contributed by atoms with E-state index in [4.69, 9.17) is 4.42 Å². The number of nitrogens with zero attached hydrogens (tertiary/aromatic N) is 1. The van der Waals surface area contributed by atoms with Gasteiger partial charge in [-0.15, -0.1) is 0 Å². The summed E-state index contributed by atoms with van der Waals surface area (Å²) < 4.78 is 6.05. The minimum absolute atomic E-state index is 0.256. The van der Waals surface area contributed by atoms with Gasteiger partial charge < -0.3 is 9.25 Å². The molecule has 98 valence electrons. The van der Waals surface area contributed by atoms with Crippen molar-refractivity contribution in [1.82, 2.24) is 0 Å². The third kappa shape index (κ3) is 3.08. The van der Waals surface area contributed by atoms with E-state index in [1.165, 1.54) is 6.92 Å². The molecule has 0 aliphatic carbocycles. The van der Waals surface area contributed by atoms with Gasteiger partial charge in [0.15, 0.2) is 0 Å². The maximum atomic E-state index is 11.8. The van der Waals surface area contributed by atoms with Gasteiger partial charge in [0.05, 0.1) is 11.3 Å². The first-order valence-electron chi connectivity index (χ1n) is 5.43. The van der Waals surface area contributed by atoms with Crippen molar-refractivity contribution < 1.29 is 14.0 Å². The molecule has 2 aromatic rings. The van der Waals surface area contributed by atoms with Crippen LogP contribution in [0, 0.1) is 0 Å². The van der Waals surface area contributed by atoms with Crippen molar-refractivity contribution in [1.29, 1.82) is 0 Å². The molecule has 19 heavy (non-hydrogen) atoms. The number of fused-ring (bicyclic) bond motifs is 1. The average Bonchev–Trinajstić information content (AvgIpc) is 2.35. The molecule has 0 fully saturated rings. The molecule has 0 bridgehead atoms. The lowest BCUT2D eigenvalue weighted by atomic mass is 10.1. The smallest absolute Gasteiger partial charge is 0.345 e. The van der Waals surface area contributed by atoms with Crippen molar-refractivity contribution in [3.8, 4) is 0 Å². The second-order valence-corrected chi connectivity index (χ2v) is 4.80. The number of rotatable bonds is 2. The Kier molecular flexibility index (Phi) is 3.80. The van der Waals surface area contributed by atoms with Gasteiger partial charge in [-0.25, -0.2) is 9.59 Å². The van der Waals surface area contributed by atoms with Gasteiger partial charge in [0.1, 0.15) is 5.58 Å². The first-order valence-corrected chi connectivity index (χ1v) is 6.22. The molecular weight excluding hydrogens is 314 g/mol. The van der Waals surface area contributed by atoms with Crippen LogP contribution in [0.25, 0.3) is 11.0 Å². The zero-order valence-corrected chi connectivity index (χ0v) is 11.9. The highest BCUT2D eigenvalue weighted by molar-refractivity contribution is 9.10. The number of carbonyl (C=O) groups is 1. The first-order chi connectivity index (χ1) is 8.97. The molecule has 0 amide bonds. The zero-order chi connectivity index (χ0) is 14.0. The fraction of sp³-hybridized carbons (Fsp3) is 0.154. The van der Waals surface area contributed by atoms with E-state index in [0.29, 0.717) is 5.58 Å². The van der Waals surface area contributed by atoms with E-state index in [2.05, 4.69) is 25.9 Å². The molecule has 0 saturated carbocycles. The number of carbonyl (C=O) groups excluding carboxylic acids is 1. The lowest BCUT2D eigenvalue weighted by molar-refractivity contribution is -0.140. The highest BCUT2D eigenvalue weighted by Crippen LogP contribution is 2.19. The van der Waals surface area contributed by atoms with Gasteiger partial charge in [-0.1, -0.05) is 21.1 Å². The molecule has 0 radical (unpaired) electrons. The summed E-state index contributed by atoms with van der Waals surface area (Å²) in [7, 11) is 0. The first kappa shape index (κ1) is 13.5. The predicted molar refractivity (Wildman–Crippen MR) is 74.2 cm³/mol. The fourth-order valence-corrected chi connectivity index (χ4v) is 1.91. The summed E-state index contributed by atoms with van der Waals surface area (Å²) in [6.07, 6.45) is 0. The van der Waals surface area contributed by atoms with Crippen LogP contribution in [-0.2, 0) is 9.63 Å². The van der Waals surface area contributed by atoms with Gasteiger partial charge in [0.25, 0.3) is 0 Å². The summed E-state index contributed by atoms with van der Waals surface area (Å²) in [5, 5.41) is 4.33. The average molecular weight is 324 g/mol. The van der Waals surface area contributed by atoms with Crippen LogP contribution in [0.3, 0.4) is 0 Å². The van der Waals surface area contributed by atoms with Crippen LogP contribution in [0.1, 0.15) is 19.4 Å². The molecule has 0 aliphatic rings. The van der Waals surface area contributed by atoms with Gasteiger partial charge >= 0.3 is 11.6 Å². The Morgan fingerprint density at radius 2 is 2.05 bits per heavy atom. The molecule has 6 heteroatoms. The normalized spacial score (nSPS) is 11.6. The molecule has 0 saturated heterocycles. The topological polar surface area (TPSA) is 68.9 Å². The molecule has 0 N–H and O–H groups in total. The Bertz CT molecular complexity index is 733. The lowest BCUT2D eigenvalue weighted by Gasteiger charge is -2.02. The van der Waals surface area contributed by atoms with Crippen LogP contribution in [0.5, 0.6) is 0 Å². The SMILES string of the molecule is CC(=O)O/N=C(\C)c1cc2cc(Br)ccc2oc1=O. The third-order valence-electron chi connectivity index (χ3n) is 2.40. The molecule has 1 aromatic heterocycles. The zero-order valence-electron chi connectivity index (χ0n) is 10.3. The van der Waals surface area contributed by atoms with Crippen molar-refractivity contribution in [2.24, 2.45) is 5.16 Å². The summed E-state index contributed by atoms with van der Waals surface area (Å²) >= 11 is 3.34. The summed E-state index contributed by atoms with van der Waals surface area (Å²) in [5.74, 6) is -0.549. The number of oxime groups is 1. The second-order valence-electron chi connectivity index (χ2n) is 3.89. The maximum absolute atomic E-state index is 11.8. The maximum Gasteiger partial charge on any atom is 0.345 e. The van der Waals surface area contributed by atoms with Gasteiger partial charge in [0.2, 0.25) is 0 Å². The summed E-state index contributed by atoms with van der Waals surface area (Å²) in [6.45, 7) is 2.80. The van der Waals surface area contributed by atoms with Gasteiger partial charge in [-0.2, -0.15) is 0 Å². The monoisotopic (exact) mass is 323 g/mol. The van der Waals surface area contributed by atoms with Gasteiger partial charge in [-0.05, 0) is 31.2 Å². The highest BCUT2D eigenvalue weighted by Gasteiger charge is 2.09. The summed E-state index contributed by atoms with van der Waals surface area (Å²) in [4.78, 5) is 27.0.